The summed E-state index contributed by atoms with van der Waals surface area (Å²) in [6.07, 6.45) is 7.63. The van der Waals surface area contributed by atoms with Crippen molar-refractivity contribution < 1.29 is 0 Å². The number of hydrogen-bond acceptors (Lipinski definition) is 0. The molecule has 16 heavy (non-hydrogen) atoms. The largest absolute Gasteiger partial charge is 0.323 e. The van der Waals surface area contributed by atoms with Crippen LogP contribution in [-0.2, 0) is 6.42 Å². The zero-order chi connectivity index (χ0) is 11.1. The van der Waals surface area contributed by atoms with Crippen LogP contribution in [0.5, 0.6) is 0 Å². The summed E-state index contributed by atoms with van der Waals surface area (Å²) in [5, 5.41) is 0. The molecule has 0 aliphatic heterocycles. The number of benzene rings is 1. The highest BCUT2D eigenvalue weighted by atomic mass is 14.9. The lowest BCUT2D eigenvalue weighted by Gasteiger charge is -2.11. The summed E-state index contributed by atoms with van der Waals surface area (Å²) in [6.45, 7) is 4.41. The molecule has 1 heteroatoms. The van der Waals surface area contributed by atoms with Crippen molar-refractivity contribution in [3.05, 3.63) is 58.9 Å². The Morgan fingerprint density at radius 3 is 2.56 bits per heavy atom. The molecule has 0 saturated heterocycles. The number of rotatable bonds is 1. The van der Waals surface area contributed by atoms with Gasteiger partial charge in [-0.1, -0.05) is 17.7 Å². The highest BCUT2D eigenvalue weighted by Crippen LogP contribution is 2.32. The first-order chi connectivity index (χ1) is 7.75. The van der Waals surface area contributed by atoms with Gasteiger partial charge in [0.2, 0.25) is 0 Å². The van der Waals surface area contributed by atoms with Gasteiger partial charge in [-0.3, -0.25) is 0 Å². The molecule has 3 rings (SSSR count). The maximum absolute atomic E-state index is 2.32. The van der Waals surface area contributed by atoms with Crippen LogP contribution in [0.4, 0.5) is 0 Å². The Kier molecular flexibility index (Phi) is 2.00. The van der Waals surface area contributed by atoms with Crippen LogP contribution >= 0.6 is 0 Å². The average molecular weight is 209 g/mol. The van der Waals surface area contributed by atoms with Crippen molar-refractivity contribution in [2.45, 2.75) is 20.3 Å². The third kappa shape index (κ3) is 1.32. The maximum Gasteiger partial charge on any atom is 0.0524 e. The molecular weight excluding hydrogens is 194 g/mol. The molecule has 1 nitrogen and oxygen atoms in total. The van der Waals surface area contributed by atoms with E-state index in [2.05, 4.69) is 61.1 Å². The van der Waals surface area contributed by atoms with Gasteiger partial charge in [0.05, 0.1) is 5.69 Å². The summed E-state index contributed by atoms with van der Waals surface area (Å²) in [7, 11) is 0. The van der Waals surface area contributed by atoms with Gasteiger partial charge in [-0.2, -0.15) is 0 Å². The predicted molar refractivity (Wildman–Crippen MR) is 67.9 cm³/mol. The Bertz CT molecular complexity index is 559. The molecule has 1 aromatic carbocycles. The van der Waals surface area contributed by atoms with E-state index < -0.39 is 0 Å². The van der Waals surface area contributed by atoms with Crippen LogP contribution in [0.1, 0.15) is 23.6 Å². The number of fused-ring (bicyclic) bond motifs is 1. The third-order valence-electron chi connectivity index (χ3n) is 3.30. The van der Waals surface area contributed by atoms with Crippen LogP contribution in [0.15, 0.2) is 42.2 Å². The minimum absolute atomic E-state index is 1.11. The van der Waals surface area contributed by atoms with Crippen LogP contribution in [-0.4, -0.2) is 4.57 Å². The minimum Gasteiger partial charge on any atom is -0.323 e. The summed E-state index contributed by atoms with van der Waals surface area (Å²) in [5.74, 6) is 0. The lowest BCUT2D eigenvalue weighted by atomic mass is 10.0. The molecule has 1 aliphatic carbocycles. The molecule has 0 atom stereocenters. The van der Waals surface area contributed by atoms with Crippen LogP contribution in [0.3, 0.4) is 0 Å². The second-order valence-electron chi connectivity index (χ2n) is 4.55. The van der Waals surface area contributed by atoms with Crippen LogP contribution < -0.4 is 0 Å². The van der Waals surface area contributed by atoms with Gasteiger partial charge in [-0.05, 0) is 49.6 Å². The SMILES string of the molecule is CC1=Cc2c(-n3cccc3)ccc(C)c2C1. The zero-order valence-corrected chi connectivity index (χ0v) is 9.70. The van der Waals surface area contributed by atoms with E-state index in [0.717, 1.165) is 6.42 Å². The number of allylic oxidation sites excluding steroid dienone is 1. The number of hydrogen-bond donors (Lipinski definition) is 0. The van der Waals surface area contributed by atoms with Gasteiger partial charge in [0, 0.05) is 18.0 Å². The highest BCUT2D eigenvalue weighted by molar-refractivity contribution is 5.72. The van der Waals surface area contributed by atoms with Crippen molar-refractivity contribution in [2.75, 3.05) is 0 Å². The van der Waals surface area contributed by atoms with Crippen molar-refractivity contribution in [2.24, 2.45) is 0 Å². The molecule has 0 N–H and O–H groups in total. The monoisotopic (exact) mass is 209 g/mol. The molecule has 0 radical (unpaired) electrons. The Hall–Kier alpha value is -1.76. The number of aryl methyl sites for hydroxylation is 1. The topological polar surface area (TPSA) is 4.93 Å². The fraction of sp³-hybridized carbons (Fsp3) is 0.200. The minimum atomic E-state index is 1.11. The summed E-state index contributed by atoms with van der Waals surface area (Å²) in [6, 6.07) is 8.57. The Morgan fingerprint density at radius 1 is 1.06 bits per heavy atom. The van der Waals surface area contributed by atoms with Crippen molar-refractivity contribution >= 4 is 6.08 Å². The quantitative estimate of drug-likeness (QED) is 0.674. The Labute approximate surface area is 96.0 Å². The lowest BCUT2D eigenvalue weighted by Crippen LogP contribution is -1.97. The molecule has 1 aliphatic rings. The van der Waals surface area contributed by atoms with Crippen LogP contribution in [0.25, 0.3) is 11.8 Å². The molecule has 0 bridgehead atoms. The first-order valence-corrected chi connectivity index (χ1v) is 5.69. The van der Waals surface area contributed by atoms with E-state index in [1.165, 1.54) is 28.0 Å². The summed E-state index contributed by atoms with van der Waals surface area (Å²) in [5.41, 5.74) is 7.04. The van der Waals surface area contributed by atoms with Gasteiger partial charge < -0.3 is 4.57 Å². The van der Waals surface area contributed by atoms with Crippen molar-refractivity contribution in [1.82, 2.24) is 4.57 Å². The molecular formula is C15H15N. The second kappa shape index (κ2) is 3.38. The first-order valence-electron chi connectivity index (χ1n) is 5.69. The van der Waals surface area contributed by atoms with E-state index in [-0.39, 0.29) is 0 Å². The molecule has 80 valence electrons. The molecule has 1 heterocycles. The fourth-order valence-electron chi connectivity index (χ4n) is 2.45. The molecule has 2 aromatic rings. The third-order valence-corrected chi connectivity index (χ3v) is 3.30. The fourth-order valence-corrected chi connectivity index (χ4v) is 2.45. The van der Waals surface area contributed by atoms with Crippen LogP contribution in [0, 0.1) is 6.92 Å². The van der Waals surface area contributed by atoms with Gasteiger partial charge in [-0.25, -0.2) is 0 Å². The highest BCUT2D eigenvalue weighted by Gasteiger charge is 2.16. The molecule has 0 spiro atoms. The molecule has 0 amide bonds. The van der Waals surface area contributed by atoms with E-state index in [9.17, 15) is 0 Å². The molecule has 0 saturated carbocycles. The normalized spacial score (nSPS) is 13.8. The summed E-state index contributed by atoms with van der Waals surface area (Å²) in [4.78, 5) is 0. The summed E-state index contributed by atoms with van der Waals surface area (Å²) < 4.78 is 2.19. The standard InChI is InChI=1S/C15H15N/c1-11-9-13-12(2)5-6-15(14(13)10-11)16-7-3-4-8-16/h3-8,10H,9H2,1-2H3. The molecule has 1 aromatic heterocycles. The number of aromatic nitrogens is 1. The smallest absolute Gasteiger partial charge is 0.0524 e. The van der Waals surface area contributed by atoms with Crippen molar-refractivity contribution in [3.63, 3.8) is 0 Å². The van der Waals surface area contributed by atoms with Crippen LogP contribution in [0.2, 0.25) is 0 Å². The van der Waals surface area contributed by atoms with E-state index in [1.807, 2.05) is 0 Å². The Morgan fingerprint density at radius 2 is 1.81 bits per heavy atom. The average Bonchev–Trinajstić information content (AvgIpc) is 2.87. The summed E-state index contributed by atoms with van der Waals surface area (Å²) >= 11 is 0. The lowest BCUT2D eigenvalue weighted by molar-refractivity contribution is 1.06. The first kappa shape index (κ1) is 9.46. The van der Waals surface area contributed by atoms with Gasteiger partial charge in [0.25, 0.3) is 0 Å². The van der Waals surface area contributed by atoms with E-state index in [1.54, 1.807) is 0 Å². The van der Waals surface area contributed by atoms with E-state index >= 15 is 0 Å². The van der Waals surface area contributed by atoms with Crippen molar-refractivity contribution in [3.8, 4) is 5.69 Å². The molecule has 0 unspecified atom stereocenters. The van der Waals surface area contributed by atoms with Gasteiger partial charge in [0.15, 0.2) is 0 Å². The van der Waals surface area contributed by atoms with E-state index in [0.29, 0.717) is 0 Å². The van der Waals surface area contributed by atoms with Gasteiger partial charge in [0.1, 0.15) is 0 Å². The predicted octanol–water partition coefficient (Wildman–Crippen LogP) is 3.75. The molecule has 0 fully saturated rings. The second-order valence-corrected chi connectivity index (χ2v) is 4.55. The maximum atomic E-state index is 2.32. The van der Waals surface area contributed by atoms with Gasteiger partial charge in [-0.15, -0.1) is 0 Å². The van der Waals surface area contributed by atoms with Crippen molar-refractivity contribution in [1.29, 1.82) is 0 Å². The number of nitrogens with zero attached hydrogens (tertiary/aromatic N) is 1. The van der Waals surface area contributed by atoms with E-state index in [4.69, 9.17) is 0 Å². The van der Waals surface area contributed by atoms with Gasteiger partial charge >= 0.3 is 0 Å². The zero-order valence-electron chi connectivity index (χ0n) is 9.70. The Balaban J connectivity index is 2.25.